The minimum absolute atomic E-state index is 0.125. The summed E-state index contributed by atoms with van der Waals surface area (Å²) in [6.07, 6.45) is 1.69. The van der Waals surface area contributed by atoms with Crippen molar-refractivity contribution in [1.29, 1.82) is 0 Å². The Morgan fingerprint density at radius 2 is 1.59 bits per heavy atom. The Morgan fingerprint density at radius 1 is 0.935 bits per heavy atom. The van der Waals surface area contributed by atoms with Crippen LogP contribution in [0, 0.1) is 0 Å². The van der Waals surface area contributed by atoms with Crippen LogP contribution < -0.4 is 29.1 Å². The van der Waals surface area contributed by atoms with Crippen molar-refractivity contribution in [3.05, 3.63) is 81.4 Å². The van der Waals surface area contributed by atoms with Gasteiger partial charge in [-0.2, -0.15) is 0 Å². The number of aromatic nitrogens is 1. The lowest BCUT2D eigenvalue weighted by molar-refractivity contribution is -0.143. The zero-order valence-electron chi connectivity index (χ0n) is 25.5. The van der Waals surface area contributed by atoms with Gasteiger partial charge >= 0.3 is 17.9 Å². The van der Waals surface area contributed by atoms with Crippen molar-refractivity contribution in [2.24, 2.45) is 4.99 Å². The van der Waals surface area contributed by atoms with E-state index in [0.717, 1.165) is 11.3 Å². The number of fused-ring (bicyclic) bond motifs is 1. The number of nitrogens with zero attached hydrogens (tertiary/aromatic N) is 2. The third kappa shape index (κ3) is 7.70. The van der Waals surface area contributed by atoms with Gasteiger partial charge in [0, 0.05) is 0 Å². The fourth-order valence-corrected chi connectivity index (χ4v) is 7.02. The number of benzene rings is 2. The van der Waals surface area contributed by atoms with E-state index in [1.54, 1.807) is 57.2 Å². The van der Waals surface area contributed by atoms with Gasteiger partial charge < -0.3 is 28.4 Å². The molecule has 0 N–H and O–H groups in total. The third-order valence-electron chi connectivity index (χ3n) is 6.55. The summed E-state index contributed by atoms with van der Waals surface area (Å²) in [5.41, 5.74) is 1.40. The molecule has 0 unspecified atom stereocenters. The highest BCUT2D eigenvalue weighted by Crippen LogP contribution is 2.37. The molecule has 0 radical (unpaired) electrons. The molecule has 0 saturated carbocycles. The first-order chi connectivity index (χ1) is 22.0. The highest BCUT2D eigenvalue weighted by molar-refractivity contribution is 9.11. The van der Waals surface area contributed by atoms with E-state index >= 15 is 0 Å². The molecule has 3 aromatic rings. The minimum Gasteiger partial charge on any atom is -0.490 e. The number of methoxy groups -OCH3 is 2. The molecule has 244 valence electrons. The van der Waals surface area contributed by atoms with E-state index < -0.39 is 23.9 Å². The van der Waals surface area contributed by atoms with Crippen LogP contribution in [0.5, 0.6) is 17.2 Å². The van der Waals surface area contributed by atoms with Crippen LogP contribution in [0.4, 0.5) is 0 Å². The van der Waals surface area contributed by atoms with E-state index in [0.29, 0.717) is 46.6 Å². The van der Waals surface area contributed by atoms with E-state index in [2.05, 4.69) is 46.3 Å². The molecule has 0 aliphatic carbocycles. The Hall–Kier alpha value is -3.95. The Bertz CT molecular complexity index is 1860. The molecule has 2 heterocycles. The number of thiazole rings is 1. The lowest BCUT2D eigenvalue weighted by Gasteiger charge is -2.25. The molecule has 1 atom stereocenters. The molecule has 1 aliphatic heterocycles. The number of halogens is 2. The Kier molecular flexibility index (Phi) is 11.8. The first-order valence-corrected chi connectivity index (χ1v) is 16.3. The molecule has 0 fully saturated rings. The third-order valence-corrected chi connectivity index (χ3v) is 8.71. The highest BCUT2D eigenvalue weighted by atomic mass is 79.9. The number of hydrogen-bond acceptors (Lipinski definition) is 12. The number of allylic oxidation sites excluding steroid dienone is 1. The van der Waals surface area contributed by atoms with Gasteiger partial charge in [-0.25, -0.2) is 19.4 Å². The number of carbonyl (C=O) groups excluding carboxylic acids is 3. The fraction of sp³-hybridized carbons (Fsp3) is 0.323. The lowest BCUT2D eigenvalue weighted by Crippen LogP contribution is -2.40. The van der Waals surface area contributed by atoms with Crippen LogP contribution in [0.3, 0.4) is 0 Å². The van der Waals surface area contributed by atoms with Crippen LogP contribution in [0.25, 0.3) is 6.08 Å². The van der Waals surface area contributed by atoms with Crippen LogP contribution in [0.15, 0.2) is 60.3 Å². The molecule has 0 spiro atoms. The van der Waals surface area contributed by atoms with Crippen LogP contribution >= 0.6 is 43.2 Å². The average Bonchev–Trinajstić information content (AvgIpc) is 3.32. The minimum atomic E-state index is -0.904. The quantitative estimate of drug-likeness (QED) is 0.197. The van der Waals surface area contributed by atoms with Crippen LogP contribution in [-0.4, -0.2) is 63.1 Å². The van der Waals surface area contributed by atoms with Crippen LogP contribution in [-0.2, 0) is 28.6 Å². The molecular weight excluding hydrogens is 752 g/mol. The molecular formula is C31H30Br2N2O10S. The van der Waals surface area contributed by atoms with Gasteiger partial charge in [-0.1, -0.05) is 17.4 Å². The smallest absolute Gasteiger partial charge is 0.343 e. The van der Waals surface area contributed by atoms with E-state index in [9.17, 15) is 19.2 Å². The van der Waals surface area contributed by atoms with Crippen molar-refractivity contribution in [3.8, 4) is 17.2 Å². The summed E-state index contributed by atoms with van der Waals surface area (Å²) in [6, 6.07) is 7.54. The molecule has 0 amide bonds. The predicted molar refractivity (Wildman–Crippen MR) is 175 cm³/mol. The van der Waals surface area contributed by atoms with Crippen molar-refractivity contribution in [2.45, 2.75) is 26.8 Å². The fourth-order valence-electron chi connectivity index (χ4n) is 4.53. The maximum absolute atomic E-state index is 14.1. The Balaban J connectivity index is 1.85. The van der Waals surface area contributed by atoms with Gasteiger partial charge in [-0.05, 0) is 94.1 Å². The summed E-state index contributed by atoms with van der Waals surface area (Å²) < 4.78 is 34.5. The van der Waals surface area contributed by atoms with Gasteiger partial charge in [-0.3, -0.25) is 9.36 Å². The molecule has 1 aromatic heterocycles. The summed E-state index contributed by atoms with van der Waals surface area (Å²) in [5, 5.41) is 0. The summed E-state index contributed by atoms with van der Waals surface area (Å²) in [4.78, 5) is 55.6. The first kappa shape index (κ1) is 34.9. The summed E-state index contributed by atoms with van der Waals surface area (Å²) in [6.45, 7) is 4.98. The van der Waals surface area contributed by atoms with Gasteiger partial charge in [0.2, 0.25) is 0 Å². The van der Waals surface area contributed by atoms with Crippen molar-refractivity contribution in [1.82, 2.24) is 4.57 Å². The summed E-state index contributed by atoms with van der Waals surface area (Å²) in [7, 11) is 2.53. The topological polar surface area (TPSA) is 141 Å². The lowest BCUT2D eigenvalue weighted by atomic mass is 9.95. The zero-order chi connectivity index (χ0) is 33.5. The van der Waals surface area contributed by atoms with Gasteiger partial charge in [-0.15, -0.1) is 0 Å². The van der Waals surface area contributed by atoms with E-state index in [1.165, 1.54) is 18.8 Å². The number of rotatable bonds is 12. The van der Waals surface area contributed by atoms with Crippen molar-refractivity contribution >= 4 is 67.2 Å². The second kappa shape index (κ2) is 15.6. The molecule has 2 aromatic carbocycles. The predicted octanol–water partition coefficient (Wildman–Crippen LogP) is 3.83. The molecule has 0 bridgehead atoms. The molecule has 0 saturated heterocycles. The maximum atomic E-state index is 14.1. The van der Waals surface area contributed by atoms with Gasteiger partial charge in [0.05, 0.1) is 58.2 Å². The summed E-state index contributed by atoms with van der Waals surface area (Å²) >= 11 is 8.09. The SMILES string of the molecule is CCOC(=O)C1=C(C)N=c2s/c(=C\c3cc(Br)c(OCC(=O)OC)c(Br)c3)c(=O)n2[C@H]1c1ccc(OCC(=O)OC)c(OCC)c1. The van der Waals surface area contributed by atoms with Crippen LogP contribution in [0.1, 0.15) is 37.9 Å². The van der Waals surface area contributed by atoms with Crippen LogP contribution in [0.2, 0.25) is 0 Å². The molecule has 12 nitrogen and oxygen atoms in total. The Labute approximate surface area is 284 Å². The zero-order valence-corrected chi connectivity index (χ0v) is 29.5. The van der Waals surface area contributed by atoms with Crippen molar-refractivity contribution in [3.63, 3.8) is 0 Å². The van der Waals surface area contributed by atoms with Gasteiger partial charge in [0.15, 0.2) is 29.5 Å². The van der Waals surface area contributed by atoms with E-state index in [4.69, 9.17) is 18.9 Å². The maximum Gasteiger partial charge on any atom is 0.343 e. The molecule has 15 heteroatoms. The number of hydrogen-bond donors (Lipinski definition) is 0. The van der Waals surface area contributed by atoms with Gasteiger partial charge in [0.25, 0.3) is 5.56 Å². The standard InChI is InChI=1S/C31H30Br2N2O10S/c1-6-42-22-13-18(8-9-21(22)44-14-24(36)40-4)27-26(30(39)43-7-2)16(3)34-31-35(27)29(38)23(46-31)12-17-10-19(32)28(20(33)11-17)45-15-25(37)41-5/h8-13,27H,6-7,14-15H2,1-5H3/b23-12-/t27-/m0/s1. The number of esters is 3. The van der Waals surface area contributed by atoms with E-state index in [-0.39, 0.29) is 43.3 Å². The summed E-state index contributed by atoms with van der Waals surface area (Å²) in [5.74, 6) is -0.715. The first-order valence-electron chi connectivity index (χ1n) is 13.9. The average molecular weight is 782 g/mol. The highest BCUT2D eigenvalue weighted by Gasteiger charge is 2.34. The number of ether oxygens (including phenoxy) is 6. The second-order valence-electron chi connectivity index (χ2n) is 9.48. The normalized spacial score (nSPS) is 14.2. The Morgan fingerprint density at radius 3 is 2.20 bits per heavy atom. The second-order valence-corrected chi connectivity index (χ2v) is 12.2. The van der Waals surface area contributed by atoms with Crippen molar-refractivity contribution in [2.75, 3.05) is 40.6 Å². The molecule has 4 rings (SSSR count). The van der Waals surface area contributed by atoms with Gasteiger partial charge in [0.1, 0.15) is 5.75 Å². The molecule has 1 aliphatic rings. The monoisotopic (exact) mass is 780 g/mol. The van der Waals surface area contributed by atoms with Crippen molar-refractivity contribution < 1.29 is 42.8 Å². The van der Waals surface area contributed by atoms with E-state index in [1.807, 2.05) is 0 Å². The largest absolute Gasteiger partial charge is 0.490 e. The molecule has 46 heavy (non-hydrogen) atoms. The number of carbonyl (C=O) groups is 3.